The van der Waals surface area contributed by atoms with Gasteiger partial charge in [-0.05, 0) is 30.5 Å². The van der Waals surface area contributed by atoms with Gasteiger partial charge in [0.2, 0.25) is 0 Å². The van der Waals surface area contributed by atoms with Crippen molar-refractivity contribution in [1.29, 1.82) is 0 Å². The van der Waals surface area contributed by atoms with E-state index >= 15 is 0 Å². The molecule has 3 atom stereocenters. The third kappa shape index (κ3) is 2.58. The number of amides is 1. The Hall–Kier alpha value is -2.62. The minimum atomic E-state index is -0.905. The van der Waals surface area contributed by atoms with E-state index in [1.54, 1.807) is 29.2 Å². The van der Waals surface area contributed by atoms with Gasteiger partial charge in [-0.3, -0.25) is 9.59 Å². The molecule has 0 saturated heterocycles. The summed E-state index contributed by atoms with van der Waals surface area (Å²) in [7, 11) is 0. The Bertz CT molecular complexity index is 756. The zero-order valence-electron chi connectivity index (χ0n) is 13.8. The highest BCUT2D eigenvalue weighted by Crippen LogP contribution is 2.44. The number of benzene rings is 2. The van der Waals surface area contributed by atoms with Gasteiger partial charge in [0, 0.05) is 11.6 Å². The molecule has 0 radical (unpaired) electrons. The second-order valence-corrected chi connectivity index (χ2v) is 6.23. The van der Waals surface area contributed by atoms with Gasteiger partial charge in [-0.15, -0.1) is 0 Å². The average molecular weight is 323 g/mol. The molecule has 0 aromatic heterocycles. The van der Waals surface area contributed by atoms with E-state index in [9.17, 15) is 14.7 Å². The number of nitrogens with zero attached hydrogens (tertiary/aromatic N) is 1. The standard InChI is InChI=1S/C20H21NO3/c1-3-13(2)21-18(14-9-5-4-6-10-14)17(20(23)24)15-11-7-8-12-16(15)19(21)22/h4-13,17-18H,3H2,1-2H3,(H,23,24)/t13-,17+,18+/m0/s1. The van der Waals surface area contributed by atoms with Crippen LogP contribution in [0.2, 0.25) is 0 Å². The van der Waals surface area contributed by atoms with Crippen LogP contribution in [0.4, 0.5) is 0 Å². The van der Waals surface area contributed by atoms with Crippen LogP contribution in [-0.2, 0) is 4.79 Å². The van der Waals surface area contributed by atoms with E-state index in [0.717, 1.165) is 12.0 Å². The summed E-state index contributed by atoms with van der Waals surface area (Å²) in [4.78, 5) is 27.0. The fourth-order valence-corrected chi connectivity index (χ4v) is 3.50. The largest absolute Gasteiger partial charge is 0.481 e. The van der Waals surface area contributed by atoms with E-state index in [1.807, 2.05) is 44.2 Å². The van der Waals surface area contributed by atoms with E-state index in [0.29, 0.717) is 11.1 Å². The molecular weight excluding hydrogens is 302 g/mol. The Morgan fingerprint density at radius 1 is 1.12 bits per heavy atom. The number of aliphatic carboxylic acids is 1. The van der Waals surface area contributed by atoms with Gasteiger partial charge in [-0.1, -0.05) is 55.5 Å². The van der Waals surface area contributed by atoms with Gasteiger partial charge in [0.25, 0.3) is 5.91 Å². The van der Waals surface area contributed by atoms with Crippen LogP contribution >= 0.6 is 0 Å². The Kier molecular flexibility index (Phi) is 4.38. The zero-order chi connectivity index (χ0) is 17.3. The van der Waals surface area contributed by atoms with Gasteiger partial charge < -0.3 is 10.0 Å². The number of hydrogen-bond donors (Lipinski definition) is 1. The van der Waals surface area contributed by atoms with Gasteiger partial charge in [0.1, 0.15) is 5.92 Å². The number of fused-ring (bicyclic) bond motifs is 1. The first-order valence-corrected chi connectivity index (χ1v) is 8.25. The van der Waals surface area contributed by atoms with Gasteiger partial charge in [-0.2, -0.15) is 0 Å². The van der Waals surface area contributed by atoms with Crippen LogP contribution in [0.3, 0.4) is 0 Å². The van der Waals surface area contributed by atoms with E-state index in [1.165, 1.54) is 0 Å². The fraction of sp³-hybridized carbons (Fsp3) is 0.300. The molecule has 0 aliphatic carbocycles. The van der Waals surface area contributed by atoms with E-state index < -0.39 is 17.9 Å². The molecule has 2 aromatic carbocycles. The number of carboxylic acid groups (broad SMARTS) is 1. The molecule has 1 aliphatic heterocycles. The lowest BCUT2D eigenvalue weighted by atomic mass is 9.79. The maximum Gasteiger partial charge on any atom is 0.313 e. The van der Waals surface area contributed by atoms with Crippen molar-refractivity contribution in [1.82, 2.24) is 4.90 Å². The summed E-state index contributed by atoms with van der Waals surface area (Å²) in [6, 6.07) is 16.0. The molecule has 3 rings (SSSR count). The summed E-state index contributed by atoms with van der Waals surface area (Å²) < 4.78 is 0. The second kappa shape index (κ2) is 6.48. The molecule has 0 saturated carbocycles. The van der Waals surface area contributed by atoms with Gasteiger partial charge in [0.05, 0.1) is 6.04 Å². The average Bonchev–Trinajstić information content (AvgIpc) is 2.61. The predicted molar refractivity (Wildman–Crippen MR) is 91.9 cm³/mol. The van der Waals surface area contributed by atoms with Crippen LogP contribution in [0.1, 0.15) is 53.7 Å². The fourth-order valence-electron chi connectivity index (χ4n) is 3.50. The first kappa shape index (κ1) is 16.2. The normalized spacial score (nSPS) is 21.2. The third-order valence-electron chi connectivity index (χ3n) is 4.85. The van der Waals surface area contributed by atoms with E-state index in [2.05, 4.69) is 0 Å². The molecule has 24 heavy (non-hydrogen) atoms. The molecule has 124 valence electrons. The van der Waals surface area contributed by atoms with Crippen molar-refractivity contribution in [2.75, 3.05) is 0 Å². The first-order valence-electron chi connectivity index (χ1n) is 8.25. The molecule has 0 fully saturated rings. The summed E-state index contributed by atoms with van der Waals surface area (Å²) in [6.07, 6.45) is 0.767. The van der Waals surface area contributed by atoms with Crippen molar-refractivity contribution in [2.45, 2.75) is 38.3 Å². The third-order valence-corrected chi connectivity index (χ3v) is 4.85. The Labute approximate surface area is 141 Å². The minimum absolute atomic E-state index is 0.0436. The number of carbonyl (C=O) groups is 2. The predicted octanol–water partition coefficient (Wildman–Crippen LogP) is 3.85. The summed E-state index contributed by atoms with van der Waals surface area (Å²) in [5.74, 6) is -1.77. The molecule has 0 unspecified atom stereocenters. The van der Waals surface area contributed by atoms with Gasteiger partial charge in [-0.25, -0.2) is 0 Å². The highest BCUT2D eigenvalue weighted by molar-refractivity contribution is 6.00. The molecule has 0 spiro atoms. The lowest BCUT2D eigenvalue weighted by Crippen LogP contribution is -2.48. The van der Waals surface area contributed by atoms with Crippen LogP contribution in [-0.4, -0.2) is 27.9 Å². The first-order chi connectivity index (χ1) is 11.6. The minimum Gasteiger partial charge on any atom is -0.481 e. The highest BCUT2D eigenvalue weighted by atomic mass is 16.4. The second-order valence-electron chi connectivity index (χ2n) is 6.23. The number of carbonyl (C=O) groups excluding carboxylic acids is 1. The smallest absolute Gasteiger partial charge is 0.313 e. The molecule has 1 aliphatic rings. The topological polar surface area (TPSA) is 57.6 Å². The van der Waals surface area contributed by atoms with Crippen molar-refractivity contribution in [2.24, 2.45) is 0 Å². The summed E-state index contributed by atoms with van der Waals surface area (Å²) in [6.45, 7) is 3.98. The van der Waals surface area contributed by atoms with Crippen LogP contribution in [0, 0.1) is 0 Å². The van der Waals surface area contributed by atoms with Crippen LogP contribution < -0.4 is 0 Å². The van der Waals surface area contributed by atoms with E-state index in [4.69, 9.17) is 0 Å². The van der Waals surface area contributed by atoms with Gasteiger partial charge >= 0.3 is 5.97 Å². The van der Waals surface area contributed by atoms with Crippen molar-refractivity contribution in [3.8, 4) is 0 Å². The lowest BCUT2D eigenvalue weighted by Gasteiger charge is -2.43. The Balaban J connectivity index is 2.24. The van der Waals surface area contributed by atoms with Crippen molar-refractivity contribution in [3.05, 3.63) is 71.3 Å². The number of hydrogen-bond acceptors (Lipinski definition) is 2. The molecule has 2 aromatic rings. The Morgan fingerprint density at radius 3 is 2.38 bits per heavy atom. The quantitative estimate of drug-likeness (QED) is 0.930. The molecule has 0 bridgehead atoms. The SMILES string of the molecule is CC[C@H](C)N1C(=O)c2ccccc2[C@@H](C(=O)O)[C@H]1c1ccccc1. The number of rotatable bonds is 4. The van der Waals surface area contributed by atoms with Crippen molar-refractivity contribution >= 4 is 11.9 Å². The highest BCUT2D eigenvalue weighted by Gasteiger charge is 2.45. The van der Waals surface area contributed by atoms with Gasteiger partial charge in [0.15, 0.2) is 0 Å². The summed E-state index contributed by atoms with van der Waals surface area (Å²) >= 11 is 0. The summed E-state index contributed by atoms with van der Waals surface area (Å²) in [5, 5.41) is 9.94. The lowest BCUT2D eigenvalue weighted by molar-refractivity contribution is -0.140. The Morgan fingerprint density at radius 2 is 1.75 bits per heavy atom. The molecule has 1 N–H and O–H groups in total. The van der Waals surface area contributed by atoms with Crippen LogP contribution in [0.5, 0.6) is 0 Å². The van der Waals surface area contributed by atoms with E-state index in [-0.39, 0.29) is 11.9 Å². The van der Waals surface area contributed by atoms with Crippen LogP contribution in [0.15, 0.2) is 54.6 Å². The van der Waals surface area contributed by atoms with Crippen LogP contribution in [0.25, 0.3) is 0 Å². The summed E-state index contributed by atoms with van der Waals surface area (Å²) in [5.41, 5.74) is 1.95. The number of carboxylic acids is 1. The molecule has 4 nitrogen and oxygen atoms in total. The maximum atomic E-state index is 13.1. The molecular formula is C20H21NO3. The van der Waals surface area contributed by atoms with Crippen molar-refractivity contribution < 1.29 is 14.7 Å². The molecule has 4 heteroatoms. The monoisotopic (exact) mass is 323 g/mol. The molecule has 1 heterocycles. The maximum absolute atomic E-state index is 13.1. The van der Waals surface area contributed by atoms with Crippen molar-refractivity contribution in [3.63, 3.8) is 0 Å². The molecule has 1 amide bonds. The zero-order valence-corrected chi connectivity index (χ0v) is 13.8.